The van der Waals surface area contributed by atoms with Gasteiger partial charge in [0.1, 0.15) is 8.64 Å². The summed E-state index contributed by atoms with van der Waals surface area (Å²) in [6.45, 7) is 2.77. The van der Waals surface area contributed by atoms with Crippen LogP contribution in [0.2, 0.25) is 0 Å². The van der Waals surface area contributed by atoms with Crippen LogP contribution in [0.4, 0.5) is 0 Å². The van der Waals surface area contributed by atoms with Gasteiger partial charge in [0, 0.05) is 24.2 Å². The van der Waals surface area contributed by atoms with Crippen molar-refractivity contribution in [2.45, 2.75) is 13.1 Å². The molecule has 142 valence electrons. The van der Waals surface area contributed by atoms with Gasteiger partial charge >= 0.3 is 0 Å². The van der Waals surface area contributed by atoms with E-state index in [4.69, 9.17) is 24.4 Å². The second-order valence-electron chi connectivity index (χ2n) is 6.49. The van der Waals surface area contributed by atoms with Crippen molar-refractivity contribution >= 4 is 58.3 Å². The molecule has 0 amide bonds. The Balaban J connectivity index is 1.69. The van der Waals surface area contributed by atoms with E-state index in [1.54, 1.807) is 0 Å². The van der Waals surface area contributed by atoms with Crippen molar-refractivity contribution < 1.29 is 0 Å². The third kappa shape index (κ3) is 6.11. The molecule has 28 heavy (non-hydrogen) atoms. The zero-order valence-corrected chi connectivity index (χ0v) is 18.6. The fourth-order valence-corrected chi connectivity index (χ4v) is 3.53. The summed E-state index contributed by atoms with van der Waals surface area (Å²) in [5.41, 5.74) is 11.0. The van der Waals surface area contributed by atoms with E-state index in [9.17, 15) is 0 Å². The van der Waals surface area contributed by atoms with E-state index >= 15 is 0 Å². The molecule has 0 spiro atoms. The van der Waals surface area contributed by atoms with Crippen molar-refractivity contribution in [3.63, 3.8) is 0 Å². The molecule has 0 fully saturated rings. The van der Waals surface area contributed by atoms with Gasteiger partial charge in [-0.25, -0.2) is 0 Å². The SMILES string of the molecule is S=C(S)N(CC1=C=CC=C1)Cc1cccc(CN(CC2=C=CC=C2)C(=S)S)c1. The van der Waals surface area contributed by atoms with Crippen molar-refractivity contribution in [2.24, 2.45) is 0 Å². The standard InChI is InChI=1S/C22H20N2S4/c25-21(26)23(13-17-6-1-2-7-17)15-19-10-5-11-20(12-19)16-24(22(27)28)14-18-8-3-4-9-18/h1-6,8,10-12H,13-16H2,(H,25,26)(H,27,28). The molecule has 3 rings (SSSR count). The maximum atomic E-state index is 5.33. The molecule has 1 aromatic carbocycles. The minimum Gasteiger partial charge on any atom is -0.348 e. The molecule has 1 aromatic rings. The van der Waals surface area contributed by atoms with Gasteiger partial charge < -0.3 is 9.80 Å². The average Bonchev–Trinajstić information content (AvgIpc) is 3.35. The summed E-state index contributed by atoms with van der Waals surface area (Å²) in [5.74, 6) is 0. The second kappa shape index (κ2) is 10.1. The second-order valence-corrected chi connectivity index (χ2v) is 8.71. The highest BCUT2D eigenvalue weighted by Gasteiger charge is 2.13. The molecule has 0 saturated carbocycles. The summed E-state index contributed by atoms with van der Waals surface area (Å²) < 4.78 is 1.15. The maximum Gasteiger partial charge on any atom is 0.133 e. The number of thiol groups is 2. The molecular formula is C22H20N2S4. The molecule has 0 N–H and O–H groups in total. The molecule has 0 aromatic heterocycles. The Hall–Kier alpha value is -1.78. The Bertz CT molecular complexity index is 899. The lowest BCUT2D eigenvalue weighted by Crippen LogP contribution is -2.28. The minimum absolute atomic E-state index is 0.574. The number of hydrogen-bond donors (Lipinski definition) is 2. The molecule has 0 bridgehead atoms. The van der Waals surface area contributed by atoms with E-state index in [1.165, 1.54) is 11.1 Å². The molecular weight excluding hydrogens is 421 g/mol. The van der Waals surface area contributed by atoms with Gasteiger partial charge in [-0.1, -0.05) is 60.9 Å². The molecule has 0 saturated heterocycles. The van der Waals surface area contributed by atoms with Gasteiger partial charge in [0.25, 0.3) is 0 Å². The quantitative estimate of drug-likeness (QED) is 0.333. The van der Waals surface area contributed by atoms with Gasteiger partial charge in [-0.15, -0.1) is 36.7 Å². The van der Waals surface area contributed by atoms with Crippen molar-refractivity contribution in [3.05, 3.63) is 94.5 Å². The molecule has 2 nitrogen and oxygen atoms in total. The van der Waals surface area contributed by atoms with Crippen LogP contribution in [0, 0.1) is 0 Å². The fourth-order valence-electron chi connectivity index (χ4n) is 2.99. The summed E-state index contributed by atoms with van der Waals surface area (Å²) in [6, 6.07) is 8.45. The first-order chi connectivity index (χ1) is 13.5. The first kappa shape index (κ1) is 20.9. The van der Waals surface area contributed by atoms with Crippen LogP contribution in [0.25, 0.3) is 0 Å². The predicted molar refractivity (Wildman–Crippen MR) is 132 cm³/mol. The highest BCUT2D eigenvalue weighted by molar-refractivity contribution is 8.11. The molecule has 0 aliphatic heterocycles. The fraction of sp³-hybridized carbons (Fsp3) is 0.182. The van der Waals surface area contributed by atoms with Crippen molar-refractivity contribution in [1.29, 1.82) is 0 Å². The Labute approximate surface area is 188 Å². The Morgan fingerprint density at radius 1 is 0.786 bits per heavy atom. The molecule has 0 atom stereocenters. The van der Waals surface area contributed by atoms with Gasteiger partial charge in [-0.2, -0.15) is 0 Å². The number of hydrogen-bond acceptors (Lipinski definition) is 2. The number of benzene rings is 1. The zero-order chi connectivity index (χ0) is 19.9. The van der Waals surface area contributed by atoms with Crippen LogP contribution >= 0.6 is 49.7 Å². The summed E-state index contributed by atoms with van der Waals surface area (Å²) >= 11 is 19.4. The van der Waals surface area contributed by atoms with Crippen LogP contribution in [0.15, 0.2) is 83.3 Å². The van der Waals surface area contributed by atoms with Gasteiger partial charge in [-0.3, -0.25) is 0 Å². The smallest absolute Gasteiger partial charge is 0.133 e. The van der Waals surface area contributed by atoms with E-state index in [2.05, 4.69) is 70.8 Å². The molecule has 0 heterocycles. The summed E-state index contributed by atoms with van der Waals surface area (Å²) in [6.07, 6.45) is 11.9. The number of nitrogens with zero attached hydrogens (tertiary/aromatic N) is 2. The lowest BCUT2D eigenvalue weighted by Gasteiger charge is -2.24. The van der Waals surface area contributed by atoms with Gasteiger partial charge in [0.15, 0.2) is 0 Å². The molecule has 2 aliphatic carbocycles. The van der Waals surface area contributed by atoms with Crippen LogP contribution in [0.3, 0.4) is 0 Å². The first-order valence-corrected chi connectivity index (χ1v) is 10.5. The average molecular weight is 441 g/mol. The topological polar surface area (TPSA) is 6.48 Å². The van der Waals surface area contributed by atoms with Crippen molar-refractivity contribution in [3.8, 4) is 0 Å². The van der Waals surface area contributed by atoms with E-state index in [1.807, 2.05) is 36.5 Å². The van der Waals surface area contributed by atoms with Crippen LogP contribution in [0.5, 0.6) is 0 Å². The predicted octanol–water partition coefficient (Wildman–Crippen LogP) is 5.02. The lowest BCUT2D eigenvalue weighted by atomic mass is 10.1. The highest BCUT2D eigenvalue weighted by atomic mass is 32.1. The Kier molecular flexibility index (Phi) is 7.57. The lowest BCUT2D eigenvalue weighted by molar-refractivity contribution is 0.458. The highest BCUT2D eigenvalue weighted by Crippen LogP contribution is 2.17. The number of rotatable bonds is 8. The molecule has 0 unspecified atom stereocenters. The number of allylic oxidation sites excluding steroid dienone is 2. The summed E-state index contributed by atoms with van der Waals surface area (Å²) in [4.78, 5) is 4.12. The molecule has 0 radical (unpaired) electrons. The van der Waals surface area contributed by atoms with Crippen LogP contribution in [0.1, 0.15) is 11.1 Å². The first-order valence-electron chi connectivity index (χ1n) is 8.79. The number of thiocarbonyl (C=S) groups is 2. The third-order valence-corrected chi connectivity index (χ3v) is 5.41. The van der Waals surface area contributed by atoms with Crippen molar-refractivity contribution in [2.75, 3.05) is 13.1 Å². The molecule has 2 aliphatic rings. The van der Waals surface area contributed by atoms with E-state index in [0.717, 1.165) is 11.1 Å². The summed E-state index contributed by atoms with van der Waals surface area (Å²) in [5, 5.41) is 0. The van der Waals surface area contributed by atoms with Crippen LogP contribution < -0.4 is 0 Å². The monoisotopic (exact) mass is 440 g/mol. The van der Waals surface area contributed by atoms with Gasteiger partial charge in [-0.05, 0) is 35.4 Å². The summed E-state index contributed by atoms with van der Waals surface area (Å²) in [7, 11) is 0. The third-order valence-electron chi connectivity index (χ3n) is 4.33. The van der Waals surface area contributed by atoms with Crippen LogP contribution in [-0.2, 0) is 13.1 Å². The Morgan fingerprint density at radius 2 is 1.25 bits per heavy atom. The van der Waals surface area contributed by atoms with Crippen LogP contribution in [-0.4, -0.2) is 31.5 Å². The van der Waals surface area contributed by atoms with E-state index in [0.29, 0.717) is 34.8 Å². The largest absolute Gasteiger partial charge is 0.348 e. The van der Waals surface area contributed by atoms with Gasteiger partial charge in [0.2, 0.25) is 0 Å². The zero-order valence-electron chi connectivity index (χ0n) is 15.2. The van der Waals surface area contributed by atoms with E-state index < -0.39 is 0 Å². The maximum absolute atomic E-state index is 5.33. The van der Waals surface area contributed by atoms with E-state index in [-0.39, 0.29) is 0 Å². The minimum atomic E-state index is 0.574. The van der Waals surface area contributed by atoms with Gasteiger partial charge in [0.05, 0.1) is 13.1 Å². The normalized spacial score (nSPS) is 13.6. The molecule has 6 heteroatoms. The Morgan fingerprint density at radius 3 is 1.61 bits per heavy atom. The van der Waals surface area contributed by atoms with Crippen molar-refractivity contribution in [1.82, 2.24) is 9.80 Å².